The van der Waals surface area contributed by atoms with E-state index in [4.69, 9.17) is 9.47 Å². The second-order valence-electron chi connectivity index (χ2n) is 4.57. The molecule has 0 N–H and O–H groups in total. The second-order valence-corrected chi connectivity index (χ2v) is 4.57. The molecule has 1 rings (SSSR count). The molecule has 0 aliphatic carbocycles. The predicted molar refractivity (Wildman–Crippen MR) is 67.6 cm³/mol. The maximum atomic E-state index is 11.6. The molecule has 0 atom stereocenters. The van der Waals surface area contributed by atoms with Crippen molar-refractivity contribution in [3.8, 4) is 5.75 Å². The van der Waals surface area contributed by atoms with Crippen molar-refractivity contribution in [1.29, 1.82) is 0 Å². The molecular weight excluding hydrogens is 216 g/mol. The maximum Gasteiger partial charge on any atom is 0.341 e. The minimum Gasteiger partial charge on any atom is -0.490 e. The van der Waals surface area contributed by atoms with Gasteiger partial charge in [-0.3, -0.25) is 0 Å². The van der Waals surface area contributed by atoms with Gasteiger partial charge < -0.3 is 9.47 Å². The highest BCUT2D eigenvalue weighted by molar-refractivity contribution is 5.92. The molecule has 0 spiro atoms. The van der Waals surface area contributed by atoms with Gasteiger partial charge in [0.2, 0.25) is 0 Å². The Labute approximate surface area is 103 Å². The molecular formula is C14H20O3. The van der Waals surface area contributed by atoms with Crippen LogP contribution in [0.1, 0.15) is 49.5 Å². The van der Waals surface area contributed by atoms with Crippen LogP contribution < -0.4 is 4.74 Å². The van der Waals surface area contributed by atoms with Crippen molar-refractivity contribution in [2.24, 2.45) is 0 Å². The fourth-order valence-electron chi connectivity index (χ4n) is 1.53. The first kappa shape index (κ1) is 13.6. The molecule has 0 unspecified atom stereocenters. The average Bonchev–Trinajstić information content (AvgIpc) is 2.27. The van der Waals surface area contributed by atoms with Crippen LogP contribution in [-0.4, -0.2) is 19.2 Å². The zero-order valence-electron chi connectivity index (χ0n) is 11.1. The van der Waals surface area contributed by atoms with Crippen molar-refractivity contribution in [3.05, 3.63) is 29.3 Å². The van der Waals surface area contributed by atoms with E-state index in [-0.39, 0.29) is 12.1 Å². The van der Waals surface area contributed by atoms with Crippen LogP contribution >= 0.6 is 0 Å². The van der Waals surface area contributed by atoms with Crippen LogP contribution in [0.25, 0.3) is 0 Å². The van der Waals surface area contributed by atoms with E-state index in [0.29, 0.717) is 17.2 Å². The van der Waals surface area contributed by atoms with Crippen LogP contribution in [-0.2, 0) is 4.74 Å². The van der Waals surface area contributed by atoms with Gasteiger partial charge in [-0.15, -0.1) is 0 Å². The Morgan fingerprint density at radius 2 is 1.82 bits per heavy atom. The van der Waals surface area contributed by atoms with Gasteiger partial charge in [-0.2, -0.15) is 0 Å². The first-order valence-corrected chi connectivity index (χ1v) is 5.84. The molecule has 0 amide bonds. The van der Waals surface area contributed by atoms with E-state index < -0.39 is 0 Å². The van der Waals surface area contributed by atoms with Crippen LogP contribution in [0.5, 0.6) is 5.75 Å². The summed E-state index contributed by atoms with van der Waals surface area (Å²) in [6.07, 6.45) is 0.0285. The van der Waals surface area contributed by atoms with Crippen molar-refractivity contribution in [1.82, 2.24) is 0 Å². The molecule has 1 aromatic carbocycles. The highest BCUT2D eigenvalue weighted by atomic mass is 16.5. The number of hydrogen-bond donors (Lipinski definition) is 0. The molecule has 17 heavy (non-hydrogen) atoms. The Bertz CT molecular complexity index is 394. The van der Waals surface area contributed by atoms with Crippen molar-refractivity contribution >= 4 is 5.97 Å². The Morgan fingerprint density at radius 3 is 2.29 bits per heavy atom. The number of methoxy groups -OCH3 is 1. The van der Waals surface area contributed by atoms with Gasteiger partial charge in [0.1, 0.15) is 11.3 Å². The average molecular weight is 236 g/mol. The predicted octanol–water partition coefficient (Wildman–Crippen LogP) is 3.38. The Hall–Kier alpha value is -1.51. The maximum absolute atomic E-state index is 11.6. The van der Waals surface area contributed by atoms with Gasteiger partial charge in [-0.05, 0) is 37.5 Å². The number of esters is 1. The molecule has 0 aliphatic heterocycles. The van der Waals surface area contributed by atoms with Gasteiger partial charge >= 0.3 is 5.97 Å². The fraction of sp³-hybridized carbons (Fsp3) is 0.500. The monoisotopic (exact) mass is 236 g/mol. The minimum atomic E-state index is -0.365. The number of rotatable bonds is 4. The third-order valence-electron chi connectivity index (χ3n) is 2.44. The van der Waals surface area contributed by atoms with E-state index in [9.17, 15) is 4.79 Å². The number of hydrogen-bond acceptors (Lipinski definition) is 3. The summed E-state index contributed by atoms with van der Waals surface area (Å²) in [6, 6.07) is 5.61. The molecule has 0 saturated heterocycles. The summed E-state index contributed by atoms with van der Waals surface area (Å²) in [7, 11) is 1.37. The van der Waals surface area contributed by atoms with Crippen molar-refractivity contribution in [2.45, 2.75) is 39.7 Å². The molecule has 3 heteroatoms. The molecule has 1 aromatic rings. The summed E-state index contributed by atoms with van der Waals surface area (Å²) in [5, 5.41) is 0. The quantitative estimate of drug-likeness (QED) is 0.752. The summed E-state index contributed by atoms with van der Waals surface area (Å²) in [6.45, 7) is 8.07. The molecule has 0 aliphatic rings. The standard InChI is InChI=1S/C14H20O3/c1-9(2)11-6-7-12(14(15)16-5)13(8-11)17-10(3)4/h6-10H,1-5H3. The zero-order chi connectivity index (χ0) is 13.0. The van der Waals surface area contributed by atoms with E-state index in [2.05, 4.69) is 13.8 Å². The Kier molecular flexibility index (Phi) is 4.55. The van der Waals surface area contributed by atoms with Crippen molar-refractivity contribution in [2.75, 3.05) is 7.11 Å². The molecule has 0 radical (unpaired) electrons. The molecule has 0 heterocycles. The topological polar surface area (TPSA) is 35.5 Å². The van der Waals surface area contributed by atoms with Gasteiger partial charge in [0.05, 0.1) is 13.2 Å². The normalized spacial score (nSPS) is 10.8. The summed E-state index contributed by atoms with van der Waals surface area (Å²) < 4.78 is 10.4. The highest BCUT2D eigenvalue weighted by Gasteiger charge is 2.15. The third kappa shape index (κ3) is 3.48. The zero-order valence-corrected chi connectivity index (χ0v) is 11.1. The summed E-state index contributed by atoms with van der Waals surface area (Å²) in [4.78, 5) is 11.6. The SMILES string of the molecule is COC(=O)c1ccc(C(C)C)cc1OC(C)C. The van der Waals surface area contributed by atoms with Crippen LogP contribution in [0.15, 0.2) is 18.2 Å². The van der Waals surface area contributed by atoms with Gasteiger partial charge in [0.25, 0.3) is 0 Å². The molecule has 0 aromatic heterocycles. The van der Waals surface area contributed by atoms with E-state index in [1.54, 1.807) is 6.07 Å². The molecule has 0 saturated carbocycles. The second kappa shape index (κ2) is 5.71. The Balaban J connectivity index is 3.16. The number of carbonyl (C=O) groups is 1. The lowest BCUT2D eigenvalue weighted by Crippen LogP contribution is -2.11. The van der Waals surface area contributed by atoms with E-state index in [0.717, 1.165) is 5.56 Å². The van der Waals surface area contributed by atoms with Crippen LogP contribution in [0.2, 0.25) is 0 Å². The number of carbonyl (C=O) groups excluding carboxylic acids is 1. The van der Waals surface area contributed by atoms with Crippen LogP contribution in [0.4, 0.5) is 0 Å². The molecule has 0 bridgehead atoms. The first-order valence-electron chi connectivity index (χ1n) is 5.84. The smallest absolute Gasteiger partial charge is 0.341 e. The first-order chi connectivity index (χ1) is 7.95. The summed E-state index contributed by atoms with van der Waals surface area (Å²) in [5.41, 5.74) is 1.62. The fourth-order valence-corrected chi connectivity index (χ4v) is 1.53. The van der Waals surface area contributed by atoms with Crippen molar-refractivity contribution in [3.63, 3.8) is 0 Å². The van der Waals surface area contributed by atoms with Gasteiger partial charge in [0, 0.05) is 0 Å². The van der Waals surface area contributed by atoms with E-state index in [1.165, 1.54) is 7.11 Å². The minimum absolute atomic E-state index is 0.0285. The third-order valence-corrected chi connectivity index (χ3v) is 2.44. The lowest BCUT2D eigenvalue weighted by atomic mass is 10.0. The van der Waals surface area contributed by atoms with Gasteiger partial charge in [-0.1, -0.05) is 19.9 Å². The lowest BCUT2D eigenvalue weighted by molar-refractivity contribution is 0.0594. The highest BCUT2D eigenvalue weighted by Crippen LogP contribution is 2.26. The van der Waals surface area contributed by atoms with Gasteiger partial charge in [-0.25, -0.2) is 4.79 Å². The van der Waals surface area contributed by atoms with Crippen LogP contribution in [0, 0.1) is 0 Å². The molecule has 94 valence electrons. The van der Waals surface area contributed by atoms with Gasteiger partial charge in [0.15, 0.2) is 0 Å². The summed E-state index contributed by atoms with van der Waals surface area (Å²) in [5.74, 6) is 0.630. The largest absolute Gasteiger partial charge is 0.490 e. The van der Waals surface area contributed by atoms with E-state index >= 15 is 0 Å². The van der Waals surface area contributed by atoms with Crippen molar-refractivity contribution < 1.29 is 14.3 Å². The molecule has 0 fully saturated rings. The summed E-state index contributed by atoms with van der Waals surface area (Å²) >= 11 is 0. The molecule has 3 nitrogen and oxygen atoms in total. The lowest BCUT2D eigenvalue weighted by Gasteiger charge is -2.15. The van der Waals surface area contributed by atoms with Crippen LogP contribution in [0.3, 0.4) is 0 Å². The Morgan fingerprint density at radius 1 is 1.18 bits per heavy atom. The van der Waals surface area contributed by atoms with E-state index in [1.807, 2.05) is 26.0 Å². The number of benzene rings is 1. The number of ether oxygens (including phenoxy) is 2.